The van der Waals surface area contributed by atoms with Crippen molar-refractivity contribution in [1.29, 1.82) is 0 Å². The molecule has 0 saturated carbocycles. The third-order valence-corrected chi connectivity index (χ3v) is 2.13. The Labute approximate surface area is 116 Å². The highest BCUT2D eigenvalue weighted by Gasteiger charge is 2.26. The summed E-state index contributed by atoms with van der Waals surface area (Å²) >= 11 is 0. The van der Waals surface area contributed by atoms with Crippen LogP contribution in [0.3, 0.4) is 0 Å². The molecule has 0 radical (unpaired) electrons. The lowest BCUT2D eigenvalue weighted by atomic mass is 10.0. The van der Waals surface area contributed by atoms with E-state index in [0.717, 1.165) is 23.0 Å². The Bertz CT molecular complexity index is 364. The van der Waals surface area contributed by atoms with Gasteiger partial charge in [-0.15, -0.1) is 0 Å². The molecule has 0 spiro atoms. The smallest absolute Gasteiger partial charge is 0.417 e. The van der Waals surface area contributed by atoms with Crippen molar-refractivity contribution in [2.45, 2.75) is 46.6 Å². The maximum atomic E-state index is 12.0. The van der Waals surface area contributed by atoms with Crippen molar-refractivity contribution in [3.8, 4) is 0 Å². The molecule has 0 fully saturated rings. The summed E-state index contributed by atoms with van der Waals surface area (Å²) in [5.74, 6) is -0.0500. The number of rotatable bonds is 5. The minimum Gasteiger partial charge on any atom is -0.443 e. The highest BCUT2D eigenvalue weighted by Crippen LogP contribution is 2.14. The summed E-state index contributed by atoms with van der Waals surface area (Å²) in [4.78, 5) is 24.7. The van der Waals surface area contributed by atoms with Crippen molar-refractivity contribution >= 4 is 12.0 Å². The van der Waals surface area contributed by atoms with Crippen LogP contribution in [-0.2, 0) is 9.53 Å². The number of carbonyl (C=O) groups is 2. The number of imide groups is 1. The molecule has 0 aliphatic carbocycles. The van der Waals surface area contributed by atoms with Gasteiger partial charge in [-0.05, 0) is 39.2 Å². The molecule has 4 heteroatoms. The number of ether oxygens (including phenoxy) is 1. The van der Waals surface area contributed by atoms with E-state index in [-0.39, 0.29) is 6.54 Å². The number of nitrogens with zero attached hydrogens (tertiary/aromatic N) is 1. The average molecular weight is 267 g/mol. The van der Waals surface area contributed by atoms with Crippen LogP contribution in [0.15, 0.2) is 24.8 Å². The van der Waals surface area contributed by atoms with Crippen molar-refractivity contribution in [1.82, 2.24) is 4.90 Å². The van der Waals surface area contributed by atoms with Crippen LogP contribution >= 0.6 is 0 Å². The lowest BCUT2D eigenvalue weighted by molar-refractivity contribution is -0.124. The molecule has 0 aliphatic rings. The maximum absolute atomic E-state index is 12.0. The molecule has 0 atom stereocenters. The number of hydrogen-bond acceptors (Lipinski definition) is 3. The Morgan fingerprint density at radius 3 is 2.21 bits per heavy atom. The van der Waals surface area contributed by atoms with Gasteiger partial charge in [-0.1, -0.05) is 32.6 Å². The predicted molar refractivity (Wildman–Crippen MR) is 76.7 cm³/mol. The van der Waals surface area contributed by atoms with Crippen LogP contribution in [0.4, 0.5) is 4.79 Å². The van der Waals surface area contributed by atoms with Crippen molar-refractivity contribution in [3.63, 3.8) is 0 Å². The summed E-state index contributed by atoms with van der Waals surface area (Å²) in [7, 11) is 0. The maximum Gasteiger partial charge on any atom is 0.417 e. The van der Waals surface area contributed by atoms with E-state index in [1.165, 1.54) is 0 Å². The molecular weight excluding hydrogens is 242 g/mol. The van der Waals surface area contributed by atoms with E-state index in [9.17, 15) is 9.59 Å². The lowest BCUT2D eigenvalue weighted by Crippen LogP contribution is -2.41. The Morgan fingerprint density at radius 1 is 1.32 bits per heavy atom. The first-order valence-electron chi connectivity index (χ1n) is 6.40. The molecule has 0 saturated heterocycles. The highest BCUT2D eigenvalue weighted by atomic mass is 16.6. The second kappa shape index (κ2) is 7.12. The summed E-state index contributed by atoms with van der Waals surface area (Å²) in [5, 5.41) is 0. The van der Waals surface area contributed by atoms with Crippen molar-refractivity contribution in [2.75, 3.05) is 6.54 Å². The van der Waals surface area contributed by atoms with Crippen LogP contribution in [0.5, 0.6) is 0 Å². The molecule has 0 aromatic carbocycles. The van der Waals surface area contributed by atoms with E-state index in [2.05, 4.69) is 27.0 Å². The Hall–Kier alpha value is -1.58. The number of carbonyl (C=O) groups excluding carboxylic acids is 2. The van der Waals surface area contributed by atoms with Crippen LogP contribution in [0.2, 0.25) is 0 Å². The predicted octanol–water partition coefficient (Wildman–Crippen LogP) is 3.54. The van der Waals surface area contributed by atoms with Crippen LogP contribution in [-0.4, -0.2) is 29.0 Å². The largest absolute Gasteiger partial charge is 0.443 e. The van der Waals surface area contributed by atoms with E-state index < -0.39 is 17.6 Å². The molecule has 19 heavy (non-hydrogen) atoms. The van der Waals surface area contributed by atoms with E-state index >= 15 is 0 Å². The SMILES string of the molecule is C=CC(=O)N(CC(=C)CC(C)C)C(=O)OC(C)(C)C. The van der Waals surface area contributed by atoms with Gasteiger partial charge in [-0.25, -0.2) is 9.69 Å². The topological polar surface area (TPSA) is 46.6 Å². The Kier molecular flexibility index (Phi) is 6.53. The standard InChI is InChI=1S/C15H25NO3/c1-8-13(17)16(10-12(4)9-11(2)3)14(18)19-15(5,6)7/h8,11H,1,4,9-10H2,2-3,5-7H3. The van der Waals surface area contributed by atoms with E-state index in [4.69, 9.17) is 4.74 Å². The van der Waals surface area contributed by atoms with Gasteiger partial charge in [0.15, 0.2) is 0 Å². The molecule has 0 aliphatic heterocycles. The summed E-state index contributed by atoms with van der Waals surface area (Å²) in [6, 6.07) is 0. The van der Waals surface area contributed by atoms with Gasteiger partial charge in [-0.3, -0.25) is 4.79 Å². The molecule has 0 rings (SSSR count). The molecule has 0 N–H and O–H groups in total. The Balaban J connectivity index is 4.83. The molecule has 0 bridgehead atoms. The summed E-state index contributed by atoms with van der Waals surface area (Å²) in [6.07, 6.45) is 1.19. The van der Waals surface area contributed by atoms with Gasteiger partial charge < -0.3 is 4.74 Å². The quantitative estimate of drug-likeness (QED) is 0.565. The molecule has 2 amide bonds. The number of hydrogen-bond donors (Lipinski definition) is 0. The monoisotopic (exact) mass is 267 g/mol. The van der Waals surface area contributed by atoms with Crippen LogP contribution in [0.25, 0.3) is 0 Å². The normalized spacial score (nSPS) is 11.1. The van der Waals surface area contributed by atoms with Crippen molar-refractivity contribution in [2.24, 2.45) is 5.92 Å². The number of amides is 2. The second-order valence-electron chi connectivity index (χ2n) is 5.96. The van der Waals surface area contributed by atoms with Gasteiger partial charge in [0.2, 0.25) is 0 Å². The summed E-state index contributed by atoms with van der Waals surface area (Å²) in [6.45, 7) is 16.8. The third-order valence-electron chi connectivity index (χ3n) is 2.13. The fraction of sp³-hybridized carbons (Fsp3) is 0.600. The summed E-state index contributed by atoms with van der Waals surface area (Å²) < 4.78 is 5.21. The zero-order valence-electron chi connectivity index (χ0n) is 12.7. The zero-order chi connectivity index (χ0) is 15.2. The first-order valence-corrected chi connectivity index (χ1v) is 6.40. The average Bonchev–Trinajstić information content (AvgIpc) is 2.21. The molecular formula is C15H25NO3. The third kappa shape index (κ3) is 7.44. The minimum absolute atomic E-state index is 0.165. The van der Waals surface area contributed by atoms with Crippen molar-refractivity contribution < 1.29 is 14.3 Å². The Morgan fingerprint density at radius 2 is 1.84 bits per heavy atom. The van der Waals surface area contributed by atoms with E-state index in [1.807, 2.05) is 0 Å². The van der Waals surface area contributed by atoms with Crippen LogP contribution < -0.4 is 0 Å². The highest BCUT2D eigenvalue weighted by molar-refractivity contribution is 5.98. The fourth-order valence-corrected chi connectivity index (χ4v) is 1.53. The van der Waals surface area contributed by atoms with E-state index in [1.54, 1.807) is 20.8 Å². The van der Waals surface area contributed by atoms with Gasteiger partial charge >= 0.3 is 6.09 Å². The van der Waals surface area contributed by atoms with Crippen LogP contribution in [0.1, 0.15) is 41.0 Å². The zero-order valence-corrected chi connectivity index (χ0v) is 12.7. The van der Waals surface area contributed by atoms with Crippen molar-refractivity contribution in [3.05, 3.63) is 24.8 Å². The molecule has 4 nitrogen and oxygen atoms in total. The van der Waals surface area contributed by atoms with E-state index in [0.29, 0.717) is 5.92 Å². The molecule has 0 unspecified atom stereocenters. The first-order chi connectivity index (χ1) is 8.56. The van der Waals surface area contributed by atoms with Gasteiger partial charge in [0, 0.05) is 0 Å². The molecule has 108 valence electrons. The van der Waals surface area contributed by atoms with Crippen LogP contribution in [0, 0.1) is 5.92 Å². The fourth-order valence-electron chi connectivity index (χ4n) is 1.53. The van der Waals surface area contributed by atoms with Gasteiger partial charge in [-0.2, -0.15) is 0 Å². The first kappa shape index (κ1) is 17.4. The molecule has 0 aromatic rings. The summed E-state index contributed by atoms with van der Waals surface area (Å²) in [5.41, 5.74) is 0.173. The lowest BCUT2D eigenvalue weighted by Gasteiger charge is -2.26. The van der Waals surface area contributed by atoms with Gasteiger partial charge in [0.05, 0.1) is 6.54 Å². The van der Waals surface area contributed by atoms with Gasteiger partial charge in [0.25, 0.3) is 5.91 Å². The molecule has 0 heterocycles. The molecule has 0 aromatic heterocycles. The minimum atomic E-state index is -0.665. The second-order valence-corrected chi connectivity index (χ2v) is 5.96. The van der Waals surface area contributed by atoms with Gasteiger partial charge in [0.1, 0.15) is 5.60 Å².